The predicted molar refractivity (Wildman–Crippen MR) is 122 cm³/mol. The summed E-state index contributed by atoms with van der Waals surface area (Å²) in [5.41, 5.74) is 2.50. The Kier molecular flexibility index (Phi) is 6.49. The first-order valence-corrected chi connectivity index (χ1v) is 10.2. The van der Waals surface area contributed by atoms with E-state index in [-0.39, 0.29) is 12.5 Å². The zero-order valence-corrected chi connectivity index (χ0v) is 18.5. The molecule has 4 rings (SSSR count). The smallest absolute Gasteiger partial charge is 0.262 e. The lowest BCUT2D eigenvalue weighted by Crippen LogP contribution is -2.20. The molecule has 2 aromatic heterocycles. The van der Waals surface area contributed by atoms with Crippen LogP contribution in [0.5, 0.6) is 23.1 Å². The van der Waals surface area contributed by atoms with Crippen LogP contribution in [0.2, 0.25) is 0 Å². The van der Waals surface area contributed by atoms with Crippen molar-refractivity contribution >= 4 is 11.6 Å². The van der Waals surface area contributed by atoms with Crippen molar-refractivity contribution in [1.29, 1.82) is 0 Å². The van der Waals surface area contributed by atoms with Crippen LogP contribution in [-0.4, -0.2) is 39.6 Å². The number of ether oxygens (including phenoxy) is 3. The van der Waals surface area contributed by atoms with Gasteiger partial charge in [0.05, 0.1) is 12.8 Å². The Hall–Kier alpha value is -4.40. The van der Waals surface area contributed by atoms with E-state index in [1.54, 1.807) is 60.3 Å². The Bertz CT molecular complexity index is 1240. The normalized spacial score (nSPS) is 10.5. The molecular weight excluding hydrogens is 422 g/mol. The molecule has 9 heteroatoms. The highest BCUT2D eigenvalue weighted by atomic mass is 16.5. The van der Waals surface area contributed by atoms with Crippen LogP contribution in [-0.2, 0) is 4.79 Å². The van der Waals surface area contributed by atoms with Crippen molar-refractivity contribution in [2.75, 3.05) is 19.0 Å². The summed E-state index contributed by atoms with van der Waals surface area (Å²) < 4.78 is 18.2. The van der Waals surface area contributed by atoms with Gasteiger partial charge in [-0.25, -0.2) is 4.68 Å². The monoisotopic (exact) mass is 445 g/mol. The minimum absolute atomic E-state index is 0.143. The number of methoxy groups -OCH3 is 1. The van der Waals surface area contributed by atoms with Crippen molar-refractivity contribution in [1.82, 2.24) is 20.0 Å². The number of aromatic nitrogens is 4. The van der Waals surface area contributed by atoms with Gasteiger partial charge in [-0.1, -0.05) is 12.1 Å². The molecular formula is C24H23N5O4. The maximum absolute atomic E-state index is 12.2. The molecule has 0 fully saturated rings. The number of rotatable bonds is 8. The number of carbonyl (C=O) groups is 1. The second kappa shape index (κ2) is 9.82. The summed E-state index contributed by atoms with van der Waals surface area (Å²) >= 11 is 0. The van der Waals surface area contributed by atoms with Gasteiger partial charge in [-0.2, -0.15) is 5.10 Å². The number of anilines is 1. The Balaban J connectivity index is 1.31. The van der Waals surface area contributed by atoms with E-state index in [1.165, 1.54) is 0 Å². The van der Waals surface area contributed by atoms with Gasteiger partial charge in [0.1, 0.15) is 5.75 Å². The molecule has 0 saturated heterocycles. The van der Waals surface area contributed by atoms with Crippen molar-refractivity contribution in [3.63, 3.8) is 0 Å². The number of carbonyl (C=O) groups excluding carboxylic acids is 1. The quantitative estimate of drug-likeness (QED) is 0.436. The molecule has 9 nitrogen and oxygen atoms in total. The fourth-order valence-electron chi connectivity index (χ4n) is 3.15. The number of nitrogens with one attached hydrogen (secondary N) is 1. The van der Waals surface area contributed by atoms with Gasteiger partial charge in [-0.15, -0.1) is 10.2 Å². The lowest BCUT2D eigenvalue weighted by atomic mass is 10.3. The number of hydrogen-bond acceptors (Lipinski definition) is 7. The molecule has 0 aliphatic carbocycles. The van der Waals surface area contributed by atoms with E-state index in [2.05, 4.69) is 20.6 Å². The van der Waals surface area contributed by atoms with Gasteiger partial charge >= 0.3 is 0 Å². The molecule has 0 saturated carbocycles. The van der Waals surface area contributed by atoms with Gasteiger partial charge in [0, 0.05) is 17.4 Å². The summed E-state index contributed by atoms with van der Waals surface area (Å²) in [6.07, 6.45) is 0. The SMILES string of the molecule is COc1ccccc1OCC(=O)Nc1ccc(Oc2ccc(-n3nc(C)cc3C)nn2)cc1. The number of amides is 1. The molecule has 2 aromatic carbocycles. The van der Waals surface area contributed by atoms with Crippen LogP contribution < -0.4 is 19.5 Å². The molecule has 2 heterocycles. The third-order valence-corrected chi connectivity index (χ3v) is 4.64. The number of hydrogen-bond donors (Lipinski definition) is 1. The predicted octanol–water partition coefficient (Wildman–Crippen LogP) is 4.10. The average molecular weight is 445 g/mol. The first-order valence-electron chi connectivity index (χ1n) is 10.2. The Labute approximate surface area is 190 Å². The zero-order valence-electron chi connectivity index (χ0n) is 18.5. The molecule has 1 amide bonds. The van der Waals surface area contributed by atoms with Crippen LogP contribution in [0.4, 0.5) is 5.69 Å². The molecule has 0 bridgehead atoms. The summed E-state index contributed by atoms with van der Waals surface area (Å²) in [6.45, 7) is 3.74. The first kappa shape index (κ1) is 21.8. The van der Waals surface area contributed by atoms with Gasteiger partial charge in [0.25, 0.3) is 5.91 Å². The summed E-state index contributed by atoms with van der Waals surface area (Å²) in [7, 11) is 1.55. The molecule has 1 N–H and O–H groups in total. The fourth-order valence-corrected chi connectivity index (χ4v) is 3.15. The van der Waals surface area contributed by atoms with E-state index >= 15 is 0 Å². The van der Waals surface area contributed by atoms with Gasteiger partial charge in [0.2, 0.25) is 5.88 Å². The van der Waals surface area contributed by atoms with E-state index in [1.807, 2.05) is 32.0 Å². The Morgan fingerprint density at radius 2 is 1.73 bits per heavy atom. The molecule has 0 aliphatic rings. The topological polar surface area (TPSA) is 100 Å². The average Bonchev–Trinajstić information content (AvgIpc) is 3.17. The largest absolute Gasteiger partial charge is 0.493 e. The van der Waals surface area contributed by atoms with Crippen LogP contribution in [0, 0.1) is 13.8 Å². The van der Waals surface area contributed by atoms with E-state index in [0.29, 0.717) is 34.6 Å². The fraction of sp³-hybridized carbons (Fsp3) is 0.167. The highest BCUT2D eigenvalue weighted by molar-refractivity contribution is 5.91. The Morgan fingerprint density at radius 3 is 2.36 bits per heavy atom. The second-order valence-electron chi connectivity index (χ2n) is 7.18. The molecule has 0 spiro atoms. The molecule has 168 valence electrons. The lowest BCUT2D eigenvalue weighted by Gasteiger charge is -2.11. The lowest BCUT2D eigenvalue weighted by molar-refractivity contribution is -0.118. The van der Waals surface area contributed by atoms with E-state index in [4.69, 9.17) is 14.2 Å². The zero-order chi connectivity index (χ0) is 23.2. The summed E-state index contributed by atoms with van der Waals surface area (Å²) in [5.74, 6) is 2.30. The van der Waals surface area contributed by atoms with Gasteiger partial charge in [0.15, 0.2) is 23.9 Å². The van der Waals surface area contributed by atoms with Gasteiger partial charge < -0.3 is 19.5 Å². The van der Waals surface area contributed by atoms with Crippen molar-refractivity contribution < 1.29 is 19.0 Å². The number of para-hydroxylation sites is 2. The molecule has 4 aromatic rings. The number of benzene rings is 2. The van der Waals surface area contributed by atoms with Crippen LogP contribution in [0.25, 0.3) is 5.82 Å². The molecule has 33 heavy (non-hydrogen) atoms. The van der Waals surface area contributed by atoms with Crippen LogP contribution in [0.15, 0.2) is 66.7 Å². The molecule has 0 radical (unpaired) electrons. The Morgan fingerprint density at radius 1 is 0.970 bits per heavy atom. The van der Waals surface area contributed by atoms with E-state index < -0.39 is 0 Å². The standard InChI is InChI=1S/C24H23N5O4/c1-16-14-17(2)29(28-16)22-12-13-24(27-26-22)33-19-10-8-18(9-11-19)25-23(30)15-32-21-7-5-4-6-20(21)31-3/h4-14H,15H2,1-3H3,(H,25,30). The number of nitrogens with zero attached hydrogens (tertiary/aromatic N) is 4. The van der Waals surface area contributed by atoms with Crippen molar-refractivity contribution in [2.45, 2.75) is 13.8 Å². The molecule has 0 atom stereocenters. The van der Waals surface area contributed by atoms with E-state index in [9.17, 15) is 4.79 Å². The van der Waals surface area contributed by atoms with Crippen LogP contribution in [0.3, 0.4) is 0 Å². The second-order valence-corrected chi connectivity index (χ2v) is 7.18. The molecule has 0 aliphatic heterocycles. The van der Waals surface area contributed by atoms with Gasteiger partial charge in [-0.05, 0) is 62.4 Å². The molecule has 0 unspecified atom stereocenters. The minimum Gasteiger partial charge on any atom is -0.493 e. The maximum Gasteiger partial charge on any atom is 0.262 e. The van der Waals surface area contributed by atoms with Crippen molar-refractivity contribution in [2.24, 2.45) is 0 Å². The summed E-state index contributed by atoms with van der Waals surface area (Å²) in [6, 6.07) is 19.6. The number of aryl methyl sites for hydroxylation is 2. The summed E-state index contributed by atoms with van der Waals surface area (Å²) in [4.78, 5) is 12.2. The van der Waals surface area contributed by atoms with Gasteiger partial charge in [-0.3, -0.25) is 4.79 Å². The van der Waals surface area contributed by atoms with Crippen LogP contribution >= 0.6 is 0 Å². The third-order valence-electron chi connectivity index (χ3n) is 4.64. The maximum atomic E-state index is 12.2. The highest BCUT2D eigenvalue weighted by Crippen LogP contribution is 2.26. The highest BCUT2D eigenvalue weighted by Gasteiger charge is 2.09. The van der Waals surface area contributed by atoms with Crippen molar-refractivity contribution in [3.8, 4) is 28.9 Å². The van der Waals surface area contributed by atoms with E-state index in [0.717, 1.165) is 11.4 Å². The van der Waals surface area contributed by atoms with Crippen molar-refractivity contribution in [3.05, 3.63) is 78.1 Å². The summed E-state index contributed by atoms with van der Waals surface area (Å²) in [5, 5.41) is 15.5. The minimum atomic E-state index is -0.291. The van der Waals surface area contributed by atoms with Crippen LogP contribution in [0.1, 0.15) is 11.4 Å². The first-order chi connectivity index (χ1) is 16.0. The third kappa shape index (κ3) is 5.45.